The molecular weight excluding hydrogens is 450 g/mol. The molecule has 0 aliphatic heterocycles. The summed E-state index contributed by atoms with van der Waals surface area (Å²) in [4.78, 5) is 14.6. The van der Waals surface area contributed by atoms with Crippen molar-refractivity contribution in [2.45, 2.75) is 59.5 Å². The molecule has 4 nitrogen and oxygen atoms in total. The van der Waals surface area contributed by atoms with E-state index in [-0.39, 0.29) is 6.04 Å². The fourth-order valence-electron chi connectivity index (χ4n) is 3.93. The molecular formula is C30H43N3OS. The average molecular weight is 494 g/mol. The molecule has 0 radical (unpaired) electrons. The molecule has 0 fully saturated rings. The Labute approximate surface area is 217 Å². The zero-order valence-electron chi connectivity index (χ0n) is 22.0. The van der Waals surface area contributed by atoms with Gasteiger partial charge in [-0.2, -0.15) is 0 Å². The number of hydrogen-bond acceptors (Lipinski definition) is 5. The van der Waals surface area contributed by atoms with Crippen molar-refractivity contribution in [1.82, 2.24) is 14.9 Å². The summed E-state index contributed by atoms with van der Waals surface area (Å²) in [7, 11) is 0. The summed E-state index contributed by atoms with van der Waals surface area (Å²) >= 11 is 1.67. The summed E-state index contributed by atoms with van der Waals surface area (Å²) in [6, 6.07) is 18.7. The first kappa shape index (κ1) is 28.7. The predicted molar refractivity (Wildman–Crippen MR) is 153 cm³/mol. The highest BCUT2D eigenvalue weighted by molar-refractivity contribution is 7.97. The first-order valence-corrected chi connectivity index (χ1v) is 13.7. The van der Waals surface area contributed by atoms with Gasteiger partial charge in [0.2, 0.25) is 0 Å². The molecule has 0 saturated carbocycles. The first-order valence-electron chi connectivity index (χ1n) is 12.7. The van der Waals surface area contributed by atoms with Gasteiger partial charge in [0, 0.05) is 36.7 Å². The van der Waals surface area contributed by atoms with E-state index in [0.29, 0.717) is 24.7 Å². The van der Waals surface area contributed by atoms with Crippen molar-refractivity contribution in [3.63, 3.8) is 0 Å². The van der Waals surface area contributed by atoms with E-state index in [1.54, 1.807) is 11.9 Å². The van der Waals surface area contributed by atoms with Crippen molar-refractivity contribution in [1.29, 1.82) is 0 Å². The molecule has 0 heterocycles. The SMILES string of the molecule is C=C(NCC(=C)N(CCCSNC(CC(C)C)C(=O)CC)Cc1ccccc1)c1ccccc1C. The smallest absolute Gasteiger partial charge is 0.150 e. The molecule has 2 N–H and O–H groups in total. The maximum absolute atomic E-state index is 12.3. The molecule has 190 valence electrons. The van der Waals surface area contributed by atoms with Crippen molar-refractivity contribution in [3.05, 3.63) is 90.1 Å². The van der Waals surface area contributed by atoms with Crippen LogP contribution in [0.25, 0.3) is 5.70 Å². The highest BCUT2D eigenvalue weighted by Gasteiger charge is 2.17. The van der Waals surface area contributed by atoms with Crippen LogP contribution in [0.1, 0.15) is 56.7 Å². The summed E-state index contributed by atoms with van der Waals surface area (Å²) in [5.74, 6) is 1.73. The van der Waals surface area contributed by atoms with Gasteiger partial charge in [-0.1, -0.05) is 100 Å². The molecule has 0 saturated heterocycles. The normalized spacial score (nSPS) is 11.8. The number of benzene rings is 2. The summed E-state index contributed by atoms with van der Waals surface area (Å²) in [6.07, 6.45) is 2.46. The highest BCUT2D eigenvalue weighted by Crippen LogP contribution is 2.17. The molecule has 0 aromatic heterocycles. The number of nitrogens with one attached hydrogen (secondary N) is 2. The van der Waals surface area contributed by atoms with Crippen LogP contribution in [0.4, 0.5) is 0 Å². The Morgan fingerprint density at radius 3 is 2.40 bits per heavy atom. The van der Waals surface area contributed by atoms with E-state index in [4.69, 9.17) is 0 Å². The summed E-state index contributed by atoms with van der Waals surface area (Å²) in [5.41, 5.74) is 5.57. The van der Waals surface area contributed by atoms with Crippen LogP contribution in [0.3, 0.4) is 0 Å². The van der Waals surface area contributed by atoms with Gasteiger partial charge in [0.15, 0.2) is 0 Å². The van der Waals surface area contributed by atoms with Crippen LogP contribution < -0.4 is 10.0 Å². The number of hydrogen-bond donors (Lipinski definition) is 2. The van der Waals surface area contributed by atoms with E-state index in [2.05, 4.69) is 85.3 Å². The predicted octanol–water partition coefficient (Wildman–Crippen LogP) is 6.59. The number of aryl methyl sites for hydroxylation is 1. The van der Waals surface area contributed by atoms with E-state index in [1.165, 1.54) is 11.1 Å². The molecule has 0 amide bonds. The van der Waals surface area contributed by atoms with Crippen LogP contribution in [-0.4, -0.2) is 35.6 Å². The number of rotatable bonds is 17. The van der Waals surface area contributed by atoms with Gasteiger partial charge in [-0.25, -0.2) is 0 Å². The maximum Gasteiger partial charge on any atom is 0.150 e. The zero-order chi connectivity index (χ0) is 25.6. The Morgan fingerprint density at radius 2 is 1.74 bits per heavy atom. The lowest BCUT2D eigenvalue weighted by Gasteiger charge is -2.28. The molecule has 35 heavy (non-hydrogen) atoms. The third-order valence-electron chi connectivity index (χ3n) is 5.98. The van der Waals surface area contributed by atoms with E-state index in [1.807, 2.05) is 25.1 Å². The third kappa shape index (κ3) is 10.3. The van der Waals surface area contributed by atoms with Crippen LogP contribution in [0.15, 0.2) is 73.5 Å². The van der Waals surface area contributed by atoms with Gasteiger partial charge in [-0.05, 0) is 42.4 Å². The number of carbonyl (C=O) groups excluding carboxylic acids is 1. The minimum atomic E-state index is -0.0583. The summed E-state index contributed by atoms with van der Waals surface area (Å²) in [6.45, 7) is 19.4. The van der Waals surface area contributed by atoms with Gasteiger partial charge in [0.25, 0.3) is 0 Å². The Kier molecular flexibility index (Phi) is 12.7. The standard InChI is InChI=1S/C30H43N3OS/c1-7-30(34)29(20-23(2)3)32-35-19-13-18-33(22-27-15-9-8-10-16-27)25(5)21-31-26(6)28-17-12-11-14-24(28)4/h8-12,14-17,23,29,31-32H,5-7,13,18-22H2,1-4H3. The highest BCUT2D eigenvalue weighted by atomic mass is 32.2. The minimum Gasteiger partial charge on any atom is -0.379 e. The Balaban J connectivity index is 1.91. The fraction of sp³-hybridized carbons (Fsp3) is 0.433. The molecule has 0 aliphatic rings. The lowest BCUT2D eigenvalue weighted by atomic mass is 10.0. The molecule has 2 aromatic carbocycles. The van der Waals surface area contributed by atoms with Gasteiger partial charge in [-0.15, -0.1) is 0 Å². The molecule has 0 spiro atoms. The van der Waals surface area contributed by atoms with Crippen molar-refractivity contribution >= 4 is 23.4 Å². The van der Waals surface area contributed by atoms with Gasteiger partial charge < -0.3 is 10.2 Å². The molecule has 2 aromatic rings. The summed E-state index contributed by atoms with van der Waals surface area (Å²) in [5, 5.41) is 3.47. The zero-order valence-corrected chi connectivity index (χ0v) is 22.8. The monoisotopic (exact) mass is 493 g/mol. The van der Waals surface area contributed by atoms with Crippen molar-refractivity contribution in [2.24, 2.45) is 5.92 Å². The largest absolute Gasteiger partial charge is 0.379 e. The van der Waals surface area contributed by atoms with Crippen LogP contribution in [-0.2, 0) is 11.3 Å². The van der Waals surface area contributed by atoms with Crippen LogP contribution in [0.2, 0.25) is 0 Å². The lowest BCUT2D eigenvalue weighted by Crippen LogP contribution is -2.34. The van der Waals surface area contributed by atoms with Crippen molar-refractivity contribution in [2.75, 3.05) is 18.8 Å². The second-order valence-corrected chi connectivity index (χ2v) is 10.4. The van der Waals surface area contributed by atoms with Crippen LogP contribution in [0, 0.1) is 12.8 Å². The van der Waals surface area contributed by atoms with E-state index in [0.717, 1.165) is 48.6 Å². The minimum absolute atomic E-state index is 0.0583. The Morgan fingerprint density at radius 1 is 1.06 bits per heavy atom. The molecule has 1 unspecified atom stereocenters. The van der Waals surface area contributed by atoms with Gasteiger partial charge in [0.05, 0.1) is 12.6 Å². The average Bonchev–Trinajstić information content (AvgIpc) is 2.85. The Hall–Kier alpha value is -2.50. The van der Waals surface area contributed by atoms with Gasteiger partial charge >= 0.3 is 0 Å². The number of Topliss-reactive ketones (excluding diaryl/α,β-unsaturated/α-hetero) is 1. The number of nitrogens with zero attached hydrogens (tertiary/aromatic N) is 1. The summed E-state index contributed by atoms with van der Waals surface area (Å²) < 4.78 is 3.42. The van der Waals surface area contributed by atoms with E-state index < -0.39 is 0 Å². The maximum atomic E-state index is 12.3. The molecule has 0 bridgehead atoms. The Bertz CT molecular complexity index is 942. The second-order valence-electron chi connectivity index (χ2n) is 9.44. The quantitative estimate of drug-likeness (QED) is 0.192. The molecule has 1 atom stereocenters. The first-order chi connectivity index (χ1) is 16.8. The molecule has 0 aliphatic carbocycles. The third-order valence-corrected chi connectivity index (χ3v) is 6.93. The van der Waals surface area contributed by atoms with Crippen molar-refractivity contribution in [3.8, 4) is 0 Å². The van der Waals surface area contributed by atoms with Crippen LogP contribution >= 0.6 is 11.9 Å². The van der Waals surface area contributed by atoms with Crippen molar-refractivity contribution < 1.29 is 4.79 Å². The van der Waals surface area contributed by atoms with E-state index in [9.17, 15) is 4.79 Å². The fourth-order valence-corrected chi connectivity index (χ4v) is 4.75. The number of ketones is 1. The topological polar surface area (TPSA) is 44.4 Å². The molecule has 2 rings (SSSR count). The number of carbonyl (C=O) groups is 1. The van der Waals surface area contributed by atoms with E-state index >= 15 is 0 Å². The molecule has 5 heteroatoms. The van der Waals surface area contributed by atoms with Gasteiger partial charge in [0.1, 0.15) is 5.78 Å². The second kappa shape index (κ2) is 15.5. The lowest BCUT2D eigenvalue weighted by molar-refractivity contribution is -0.120. The van der Waals surface area contributed by atoms with Crippen LogP contribution in [0.5, 0.6) is 0 Å². The van der Waals surface area contributed by atoms with Gasteiger partial charge in [-0.3, -0.25) is 9.52 Å².